The van der Waals surface area contributed by atoms with Gasteiger partial charge >= 0.3 is 0 Å². The third kappa shape index (κ3) is 4.40. The second-order valence-electron chi connectivity index (χ2n) is 7.28. The van der Waals surface area contributed by atoms with E-state index >= 15 is 0 Å². The van der Waals surface area contributed by atoms with E-state index in [1.54, 1.807) is 0 Å². The first-order valence-electron chi connectivity index (χ1n) is 9.84. The number of carbonyl (C=O) groups is 1. The van der Waals surface area contributed by atoms with Crippen molar-refractivity contribution in [2.45, 2.75) is 6.42 Å². The summed E-state index contributed by atoms with van der Waals surface area (Å²) in [6.45, 7) is 5.79. The minimum Gasteiger partial charge on any atom is -0.368 e. The second-order valence-corrected chi connectivity index (χ2v) is 7.28. The standard InChI is InChI=1S/C23H27N3O/c27-23(26-17-15-25(16-18-26)22-9-5-2-6-10-22)19-24-13-11-21(12-14-24)20-7-3-1-4-8-20/h1-11H,12-19H2. The van der Waals surface area contributed by atoms with Gasteiger partial charge in [0.1, 0.15) is 0 Å². The second kappa shape index (κ2) is 8.40. The molecule has 27 heavy (non-hydrogen) atoms. The number of carbonyl (C=O) groups excluding carboxylic acids is 1. The average molecular weight is 361 g/mol. The molecule has 0 unspecified atom stereocenters. The van der Waals surface area contributed by atoms with Crippen LogP contribution in [0, 0.1) is 0 Å². The highest BCUT2D eigenvalue weighted by atomic mass is 16.2. The van der Waals surface area contributed by atoms with Crippen molar-refractivity contribution in [1.29, 1.82) is 0 Å². The molecule has 2 aliphatic heterocycles. The molecule has 0 spiro atoms. The Kier molecular flexibility index (Phi) is 5.54. The molecule has 0 aromatic heterocycles. The molecule has 1 amide bonds. The molecule has 4 rings (SSSR count). The molecule has 0 bridgehead atoms. The zero-order valence-corrected chi connectivity index (χ0v) is 15.8. The van der Waals surface area contributed by atoms with Crippen LogP contribution in [0.4, 0.5) is 5.69 Å². The number of nitrogens with zero attached hydrogens (tertiary/aromatic N) is 3. The minimum absolute atomic E-state index is 0.263. The third-order valence-electron chi connectivity index (χ3n) is 5.55. The Balaban J connectivity index is 1.26. The van der Waals surface area contributed by atoms with Crippen molar-refractivity contribution in [3.63, 3.8) is 0 Å². The van der Waals surface area contributed by atoms with E-state index in [-0.39, 0.29) is 5.91 Å². The molecular weight excluding hydrogens is 334 g/mol. The van der Waals surface area contributed by atoms with Crippen molar-refractivity contribution in [3.05, 3.63) is 72.3 Å². The summed E-state index contributed by atoms with van der Waals surface area (Å²) < 4.78 is 0. The van der Waals surface area contributed by atoms with Gasteiger partial charge in [0.15, 0.2) is 0 Å². The molecule has 0 saturated carbocycles. The van der Waals surface area contributed by atoms with Crippen LogP contribution in [0.15, 0.2) is 66.7 Å². The van der Waals surface area contributed by atoms with Gasteiger partial charge < -0.3 is 9.80 Å². The monoisotopic (exact) mass is 361 g/mol. The van der Waals surface area contributed by atoms with E-state index in [1.165, 1.54) is 16.8 Å². The summed E-state index contributed by atoms with van der Waals surface area (Å²) in [7, 11) is 0. The van der Waals surface area contributed by atoms with E-state index in [9.17, 15) is 4.79 Å². The zero-order valence-electron chi connectivity index (χ0n) is 15.8. The van der Waals surface area contributed by atoms with Crippen LogP contribution >= 0.6 is 0 Å². The maximum atomic E-state index is 12.7. The van der Waals surface area contributed by atoms with Gasteiger partial charge in [0, 0.05) is 45.0 Å². The lowest BCUT2D eigenvalue weighted by molar-refractivity contribution is -0.132. The normalized spacial score (nSPS) is 18.3. The molecular formula is C23H27N3O. The maximum absolute atomic E-state index is 12.7. The average Bonchev–Trinajstić information content (AvgIpc) is 2.76. The smallest absolute Gasteiger partial charge is 0.236 e. The van der Waals surface area contributed by atoms with Crippen LogP contribution in [-0.2, 0) is 4.79 Å². The molecule has 4 heteroatoms. The minimum atomic E-state index is 0.263. The first-order chi connectivity index (χ1) is 13.3. The van der Waals surface area contributed by atoms with E-state index in [4.69, 9.17) is 0 Å². The van der Waals surface area contributed by atoms with E-state index in [2.05, 4.69) is 70.5 Å². The van der Waals surface area contributed by atoms with Crippen molar-refractivity contribution >= 4 is 17.2 Å². The molecule has 0 N–H and O–H groups in total. The van der Waals surface area contributed by atoms with Gasteiger partial charge in [0.25, 0.3) is 0 Å². The first-order valence-corrected chi connectivity index (χ1v) is 9.84. The largest absolute Gasteiger partial charge is 0.368 e. The van der Waals surface area contributed by atoms with Crippen LogP contribution in [0.5, 0.6) is 0 Å². The number of rotatable bonds is 4. The first kappa shape index (κ1) is 17.8. The molecule has 0 atom stereocenters. The van der Waals surface area contributed by atoms with Crippen molar-refractivity contribution < 1.29 is 4.79 Å². The van der Waals surface area contributed by atoms with Crippen LogP contribution < -0.4 is 4.90 Å². The molecule has 1 fully saturated rings. The summed E-state index contributed by atoms with van der Waals surface area (Å²) in [4.78, 5) is 19.4. The lowest BCUT2D eigenvalue weighted by Crippen LogP contribution is -2.51. The number of piperazine rings is 1. The van der Waals surface area contributed by atoms with E-state index in [1.807, 2.05) is 11.0 Å². The summed E-state index contributed by atoms with van der Waals surface area (Å²) in [5.74, 6) is 0.263. The molecule has 4 nitrogen and oxygen atoms in total. The van der Waals surface area contributed by atoms with E-state index in [0.29, 0.717) is 6.54 Å². The molecule has 140 valence electrons. The Labute approximate surface area is 161 Å². The van der Waals surface area contributed by atoms with Gasteiger partial charge in [0.2, 0.25) is 5.91 Å². The van der Waals surface area contributed by atoms with Crippen molar-refractivity contribution in [1.82, 2.24) is 9.80 Å². The molecule has 2 aromatic rings. The Morgan fingerprint density at radius 3 is 2.11 bits per heavy atom. The van der Waals surface area contributed by atoms with E-state index < -0.39 is 0 Å². The van der Waals surface area contributed by atoms with Crippen molar-refractivity contribution in [3.8, 4) is 0 Å². The van der Waals surface area contributed by atoms with Gasteiger partial charge in [-0.1, -0.05) is 54.6 Å². The summed E-state index contributed by atoms with van der Waals surface area (Å²) in [6, 6.07) is 21.0. The van der Waals surface area contributed by atoms with Gasteiger partial charge in [-0.25, -0.2) is 0 Å². The Hall–Kier alpha value is -2.59. The fourth-order valence-electron chi connectivity index (χ4n) is 3.91. The zero-order chi connectivity index (χ0) is 18.5. The molecule has 2 aliphatic rings. The number of hydrogen-bond acceptors (Lipinski definition) is 3. The quantitative estimate of drug-likeness (QED) is 0.837. The van der Waals surface area contributed by atoms with Gasteiger partial charge in [-0.15, -0.1) is 0 Å². The number of benzene rings is 2. The summed E-state index contributed by atoms with van der Waals surface area (Å²) >= 11 is 0. The predicted octanol–water partition coefficient (Wildman–Crippen LogP) is 3.12. The Morgan fingerprint density at radius 1 is 0.815 bits per heavy atom. The lowest BCUT2D eigenvalue weighted by atomic mass is 9.99. The maximum Gasteiger partial charge on any atom is 0.236 e. The van der Waals surface area contributed by atoms with Crippen LogP contribution in [0.2, 0.25) is 0 Å². The van der Waals surface area contributed by atoms with Crippen LogP contribution in [0.3, 0.4) is 0 Å². The van der Waals surface area contributed by atoms with Gasteiger partial charge in [-0.3, -0.25) is 9.69 Å². The predicted molar refractivity (Wildman–Crippen MR) is 111 cm³/mol. The number of para-hydroxylation sites is 1. The third-order valence-corrected chi connectivity index (χ3v) is 5.55. The number of hydrogen-bond donors (Lipinski definition) is 0. The number of amides is 1. The summed E-state index contributed by atoms with van der Waals surface area (Å²) in [5, 5.41) is 0. The van der Waals surface area contributed by atoms with E-state index in [0.717, 1.165) is 45.7 Å². The molecule has 2 aromatic carbocycles. The molecule has 1 saturated heterocycles. The van der Waals surface area contributed by atoms with Crippen molar-refractivity contribution in [2.24, 2.45) is 0 Å². The Bertz CT molecular complexity index is 780. The molecule has 0 aliphatic carbocycles. The fraction of sp³-hybridized carbons (Fsp3) is 0.348. The molecule has 0 radical (unpaired) electrons. The van der Waals surface area contributed by atoms with Crippen molar-refractivity contribution in [2.75, 3.05) is 50.7 Å². The topological polar surface area (TPSA) is 26.8 Å². The van der Waals surface area contributed by atoms with Crippen LogP contribution in [-0.4, -0.2) is 61.5 Å². The summed E-state index contributed by atoms with van der Waals surface area (Å²) in [6.07, 6.45) is 3.29. The Morgan fingerprint density at radius 2 is 1.48 bits per heavy atom. The summed E-state index contributed by atoms with van der Waals surface area (Å²) in [5.41, 5.74) is 3.95. The highest BCUT2D eigenvalue weighted by Crippen LogP contribution is 2.22. The SMILES string of the molecule is O=C(CN1CC=C(c2ccccc2)CC1)N1CCN(c2ccccc2)CC1. The van der Waals surface area contributed by atoms with Crippen LogP contribution in [0.25, 0.3) is 5.57 Å². The highest BCUT2D eigenvalue weighted by molar-refractivity contribution is 5.79. The molecule has 2 heterocycles. The van der Waals surface area contributed by atoms with Crippen LogP contribution in [0.1, 0.15) is 12.0 Å². The number of anilines is 1. The lowest BCUT2D eigenvalue weighted by Gasteiger charge is -2.37. The van der Waals surface area contributed by atoms with Gasteiger partial charge in [-0.2, -0.15) is 0 Å². The van der Waals surface area contributed by atoms with Gasteiger partial charge in [0.05, 0.1) is 6.54 Å². The fourth-order valence-corrected chi connectivity index (χ4v) is 3.91. The highest BCUT2D eigenvalue weighted by Gasteiger charge is 2.23. The van der Waals surface area contributed by atoms with Gasteiger partial charge in [-0.05, 0) is 29.7 Å².